The van der Waals surface area contributed by atoms with Crippen LogP contribution in [0.15, 0.2) is 60.7 Å². The van der Waals surface area contributed by atoms with Crippen LogP contribution in [0.3, 0.4) is 0 Å². The molecule has 2 heterocycles. The van der Waals surface area contributed by atoms with Crippen molar-refractivity contribution in [2.24, 2.45) is 0 Å². The molecular formula is C24H25FN4O2. The van der Waals surface area contributed by atoms with Crippen LogP contribution < -0.4 is 15.5 Å². The average molecular weight is 420 g/mol. The molecule has 1 amide bonds. The molecule has 1 saturated heterocycles. The van der Waals surface area contributed by atoms with Crippen molar-refractivity contribution >= 4 is 23.2 Å². The third kappa shape index (κ3) is 5.19. The molecule has 1 fully saturated rings. The lowest BCUT2D eigenvalue weighted by atomic mass is 10.1. The van der Waals surface area contributed by atoms with E-state index in [-0.39, 0.29) is 11.7 Å². The van der Waals surface area contributed by atoms with E-state index in [4.69, 9.17) is 9.72 Å². The van der Waals surface area contributed by atoms with Crippen LogP contribution in [0.5, 0.6) is 0 Å². The maximum Gasteiger partial charge on any atom is 0.256 e. The molecule has 0 radical (unpaired) electrons. The van der Waals surface area contributed by atoms with Gasteiger partial charge in [-0.15, -0.1) is 0 Å². The Morgan fingerprint density at radius 1 is 1.06 bits per heavy atom. The first-order valence-corrected chi connectivity index (χ1v) is 10.3. The summed E-state index contributed by atoms with van der Waals surface area (Å²) >= 11 is 0. The summed E-state index contributed by atoms with van der Waals surface area (Å²) in [6.45, 7) is 5.05. The van der Waals surface area contributed by atoms with Gasteiger partial charge in [0.05, 0.1) is 18.9 Å². The largest absolute Gasteiger partial charge is 0.378 e. The van der Waals surface area contributed by atoms with Crippen molar-refractivity contribution in [2.75, 3.05) is 41.8 Å². The van der Waals surface area contributed by atoms with Crippen LogP contribution in [0.2, 0.25) is 0 Å². The fourth-order valence-electron chi connectivity index (χ4n) is 3.47. The maximum atomic E-state index is 13.1. The number of rotatable bonds is 6. The van der Waals surface area contributed by atoms with Crippen molar-refractivity contribution in [3.63, 3.8) is 0 Å². The first-order chi connectivity index (χ1) is 15.1. The highest BCUT2D eigenvalue weighted by Crippen LogP contribution is 2.27. The van der Waals surface area contributed by atoms with Gasteiger partial charge in [-0.1, -0.05) is 30.3 Å². The first-order valence-electron chi connectivity index (χ1n) is 10.3. The molecule has 1 aliphatic heterocycles. The number of nitrogens with one attached hydrogen (secondary N) is 2. The smallest absolute Gasteiger partial charge is 0.256 e. The number of hydrogen-bond donors (Lipinski definition) is 2. The summed E-state index contributed by atoms with van der Waals surface area (Å²) in [5, 5.41) is 6.30. The van der Waals surface area contributed by atoms with Crippen LogP contribution in [-0.4, -0.2) is 37.2 Å². The summed E-state index contributed by atoms with van der Waals surface area (Å²) in [4.78, 5) is 19.7. The van der Waals surface area contributed by atoms with Gasteiger partial charge in [-0.05, 0) is 48.4 Å². The molecule has 0 spiro atoms. The SMILES string of the molecule is Cc1ccccc1C(=O)Nc1ccc(NCc2ccc(F)cc2)nc1N1CCOCC1. The van der Waals surface area contributed by atoms with E-state index in [1.54, 1.807) is 12.1 Å². The van der Waals surface area contributed by atoms with Crippen molar-refractivity contribution in [2.45, 2.75) is 13.5 Å². The topological polar surface area (TPSA) is 66.5 Å². The van der Waals surface area contributed by atoms with Gasteiger partial charge in [0, 0.05) is 25.2 Å². The van der Waals surface area contributed by atoms with E-state index in [0.717, 1.165) is 11.1 Å². The van der Waals surface area contributed by atoms with Gasteiger partial charge in [0.15, 0.2) is 5.82 Å². The summed E-state index contributed by atoms with van der Waals surface area (Å²) in [5.41, 5.74) is 3.16. The molecule has 0 unspecified atom stereocenters. The lowest BCUT2D eigenvalue weighted by Gasteiger charge is -2.30. The minimum Gasteiger partial charge on any atom is -0.378 e. The molecule has 0 saturated carbocycles. The fourth-order valence-corrected chi connectivity index (χ4v) is 3.47. The van der Waals surface area contributed by atoms with Crippen LogP contribution in [-0.2, 0) is 11.3 Å². The van der Waals surface area contributed by atoms with E-state index in [1.807, 2.05) is 43.3 Å². The summed E-state index contributed by atoms with van der Waals surface area (Å²) in [6.07, 6.45) is 0. The van der Waals surface area contributed by atoms with Gasteiger partial charge >= 0.3 is 0 Å². The maximum absolute atomic E-state index is 13.1. The highest BCUT2D eigenvalue weighted by molar-refractivity contribution is 6.06. The molecule has 0 aliphatic carbocycles. The number of carbonyl (C=O) groups is 1. The Morgan fingerprint density at radius 3 is 2.55 bits per heavy atom. The van der Waals surface area contributed by atoms with Crippen molar-refractivity contribution in [1.29, 1.82) is 0 Å². The quantitative estimate of drug-likeness (QED) is 0.625. The van der Waals surface area contributed by atoms with Gasteiger partial charge in [-0.3, -0.25) is 4.79 Å². The third-order valence-electron chi connectivity index (χ3n) is 5.21. The van der Waals surface area contributed by atoms with Crippen molar-refractivity contribution in [1.82, 2.24) is 4.98 Å². The Hall–Kier alpha value is -3.45. The van der Waals surface area contributed by atoms with E-state index in [0.29, 0.717) is 55.7 Å². The number of morpholine rings is 1. The molecule has 1 aromatic heterocycles. The summed E-state index contributed by atoms with van der Waals surface area (Å²) in [7, 11) is 0. The molecule has 7 heteroatoms. The Balaban J connectivity index is 1.56. The summed E-state index contributed by atoms with van der Waals surface area (Å²) in [6, 6.07) is 17.5. The van der Waals surface area contributed by atoms with E-state index < -0.39 is 0 Å². The molecule has 3 aromatic rings. The minimum atomic E-state index is -0.259. The zero-order chi connectivity index (χ0) is 21.6. The van der Waals surface area contributed by atoms with Crippen molar-refractivity contribution in [3.8, 4) is 0 Å². The van der Waals surface area contributed by atoms with Crippen LogP contribution in [0, 0.1) is 12.7 Å². The van der Waals surface area contributed by atoms with Crippen LogP contribution in [0.1, 0.15) is 21.5 Å². The van der Waals surface area contributed by atoms with E-state index in [2.05, 4.69) is 15.5 Å². The Kier molecular flexibility index (Phi) is 6.43. The van der Waals surface area contributed by atoms with Crippen LogP contribution >= 0.6 is 0 Å². The zero-order valence-electron chi connectivity index (χ0n) is 17.4. The fraction of sp³-hybridized carbons (Fsp3) is 0.250. The van der Waals surface area contributed by atoms with Gasteiger partial charge in [-0.25, -0.2) is 9.37 Å². The summed E-state index contributed by atoms with van der Waals surface area (Å²) < 4.78 is 18.6. The van der Waals surface area contributed by atoms with E-state index >= 15 is 0 Å². The number of benzene rings is 2. The molecule has 0 bridgehead atoms. The van der Waals surface area contributed by atoms with Crippen LogP contribution in [0.4, 0.5) is 21.7 Å². The number of halogens is 1. The molecule has 160 valence electrons. The zero-order valence-corrected chi connectivity index (χ0v) is 17.4. The molecule has 1 aliphatic rings. The summed E-state index contributed by atoms with van der Waals surface area (Å²) in [5.74, 6) is 0.959. The highest BCUT2D eigenvalue weighted by atomic mass is 19.1. The molecule has 6 nitrogen and oxygen atoms in total. The Labute approximate surface area is 181 Å². The molecule has 4 rings (SSSR count). The standard InChI is InChI=1S/C24H25FN4O2/c1-17-4-2-3-5-20(17)24(30)27-21-10-11-22(26-16-18-6-8-19(25)9-7-18)28-23(21)29-12-14-31-15-13-29/h2-11H,12-16H2,1H3,(H,26,28)(H,27,30). The lowest BCUT2D eigenvalue weighted by Crippen LogP contribution is -2.37. The second kappa shape index (κ2) is 9.57. The van der Waals surface area contributed by atoms with E-state index in [9.17, 15) is 9.18 Å². The average Bonchev–Trinajstić information content (AvgIpc) is 2.80. The second-order valence-electron chi connectivity index (χ2n) is 7.42. The minimum absolute atomic E-state index is 0.165. The number of carbonyl (C=O) groups excluding carboxylic acids is 1. The normalized spacial score (nSPS) is 13.7. The monoisotopic (exact) mass is 420 g/mol. The number of aromatic nitrogens is 1. The Morgan fingerprint density at radius 2 is 1.81 bits per heavy atom. The molecule has 2 aromatic carbocycles. The highest BCUT2D eigenvalue weighted by Gasteiger charge is 2.19. The van der Waals surface area contributed by atoms with E-state index in [1.165, 1.54) is 12.1 Å². The predicted octanol–water partition coefficient (Wildman–Crippen LogP) is 4.23. The van der Waals surface area contributed by atoms with Crippen molar-refractivity contribution < 1.29 is 13.9 Å². The first kappa shape index (κ1) is 20.8. The number of nitrogens with zero attached hydrogens (tertiary/aromatic N) is 2. The Bertz CT molecular complexity index is 1050. The van der Waals surface area contributed by atoms with Gasteiger partial charge in [0.25, 0.3) is 5.91 Å². The molecule has 2 N–H and O–H groups in total. The third-order valence-corrected chi connectivity index (χ3v) is 5.21. The number of ether oxygens (including phenoxy) is 1. The second-order valence-corrected chi connectivity index (χ2v) is 7.42. The predicted molar refractivity (Wildman–Crippen MR) is 120 cm³/mol. The molecular weight excluding hydrogens is 395 g/mol. The van der Waals surface area contributed by atoms with Crippen molar-refractivity contribution in [3.05, 3.63) is 83.2 Å². The number of amides is 1. The van der Waals surface area contributed by atoms with Gasteiger partial charge in [0.2, 0.25) is 0 Å². The molecule has 31 heavy (non-hydrogen) atoms. The number of anilines is 3. The molecule has 0 atom stereocenters. The van der Waals surface area contributed by atoms with Gasteiger partial charge in [0.1, 0.15) is 11.6 Å². The number of pyridine rings is 1. The van der Waals surface area contributed by atoms with Gasteiger partial charge in [-0.2, -0.15) is 0 Å². The lowest BCUT2D eigenvalue weighted by molar-refractivity contribution is 0.102. The number of hydrogen-bond acceptors (Lipinski definition) is 5. The van der Waals surface area contributed by atoms with Gasteiger partial charge < -0.3 is 20.3 Å². The number of aryl methyl sites for hydroxylation is 1. The van der Waals surface area contributed by atoms with Crippen LogP contribution in [0.25, 0.3) is 0 Å².